The van der Waals surface area contributed by atoms with Crippen molar-refractivity contribution in [2.24, 2.45) is 23.7 Å². The minimum absolute atomic E-state index is 0.0992. The predicted molar refractivity (Wildman–Crippen MR) is 116 cm³/mol. The Bertz CT molecular complexity index is 846. The number of benzene rings is 1. The highest BCUT2D eigenvalue weighted by molar-refractivity contribution is 7.89. The fourth-order valence-electron chi connectivity index (χ4n) is 5.74. The molecule has 1 saturated heterocycles. The van der Waals surface area contributed by atoms with Crippen molar-refractivity contribution in [3.63, 3.8) is 0 Å². The number of hydrogen-bond acceptors (Lipinski definition) is 4. The van der Waals surface area contributed by atoms with E-state index in [0.29, 0.717) is 44.2 Å². The van der Waals surface area contributed by atoms with Crippen LogP contribution in [0.25, 0.3) is 0 Å². The quantitative estimate of drug-likeness (QED) is 0.713. The van der Waals surface area contributed by atoms with Crippen LogP contribution in [0.5, 0.6) is 5.75 Å². The minimum atomic E-state index is -3.54. The number of hydrogen-bond donors (Lipinski definition) is 1. The number of carbonyl (C=O) groups is 1. The summed E-state index contributed by atoms with van der Waals surface area (Å²) in [5, 5.41) is 3.26. The smallest absolute Gasteiger partial charge is 0.243 e. The molecule has 0 spiro atoms. The summed E-state index contributed by atoms with van der Waals surface area (Å²) >= 11 is 0. The summed E-state index contributed by atoms with van der Waals surface area (Å²) in [6.45, 7) is 5.35. The summed E-state index contributed by atoms with van der Waals surface area (Å²) in [5.41, 5.74) is 0. The monoisotopic (exact) mass is 434 g/mol. The van der Waals surface area contributed by atoms with Crippen molar-refractivity contribution in [1.29, 1.82) is 0 Å². The average molecular weight is 435 g/mol. The zero-order chi connectivity index (χ0) is 21.3. The van der Waals surface area contributed by atoms with Crippen LogP contribution in [0.3, 0.4) is 0 Å². The Morgan fingerprint density at radius 3 is 2.40 bits per heavy atom. The molecule has 4 rings (SSSR count). The maximum absolute atomic E-state index is 12.9. The molecule has 2 aliphatic carbocycles. The second-order valence-corrected chi connectivity index (χ2v) is 11.2. The van der Waals surface area contributed by atoms with Gasteiger partial charge in [-0.3, -0.25) is 4.79 Å². The summed E-state index contributed by atoms with van der Waals surface area (Å²) in [5.74, 6) is 2.94. The number of nitrogens with one attached hydrogen (secondary N) is 1. The van der Waals surface area contributed by atoms with E-state index < -0.39 is 10.0 Å². The third kappa shape index (κ3) is 4.37. The van der Waals surface area contributed by atoms with E-state index in [4.69, 9.17) is 4.74 Å². The van der Waals surface area contributed by atoms with E-state index in [9.17, 15) is 13.2 Å². The topological polar surface area (TPSA) is 75.7 Å². The van der Waals surface area contributed by atoms with Crippen LogP contribution in [0.4, 0.5) is 0 Å². The highest BCUT2D eigenvalue weighted by Gasteiger charge is 2.42. The van der Waals surface area contributed by atoms with Crippen molar-refractivity contribution < 1.29 is 17.9 Å². The van der Waals surface area contributed by atoms with E-state index in [1.807, 2.05) is 6.92 Å². The van der Waals surface area contributed by atoms with Gasteiger partial charge in [-0.05, 0) is 88.0 Å². The Hall–Kier alpha value is -1.60. The SMILES string of the molecule is CCOc1ccc(S(=O)(=O)N2CCC(C(=O)NC(C)C3CC4CCC3C4)CC2)cc1. The van der Waals surface area contributed by atoms with E-state index in [1.54, 1.807) is 24.3 Å². The molecule has 30 heavy (non-hydrogen) atoms. The van der Waals surface area contributed by atoms with Gasteiger partial charge >= 0.3 is 0 Å². The van der Waals surface area contributed by atoms with Gasteiger partial charge in [-0.15, -0.1) is 0 Å². The van der Waals surface area contributed by atoms with Gasteiger partial charge in [0.25, 0.3) is 0 Å². The maximum atomic E-state index is 12.9. The van der Waals surface area contributed by atoms with Crippen molar-refractivity contribution >= 4 is 15.9 Å². The molecule has 1 N–H and O–H groups in total. The zero-order valence-electron chi connectivity index (χ0n) is 18.0. The second kappa shape index (κ2) is 8.87. The Kier molecular flexibility index (Phi) is 6.39. The summed E-state index contributed by atoms with van der Waals surface area (Å²) in [4.78, 5) is 13.1. The molecule has 4 atom stereocenters. The average Bonchev–Trinajstić information content (AvgIpc) is 3.38. The first kappa shape index (κ1) is 21.6. The lowest BCUT2D eigenvalue weighted by Gasteiger charge is -2.33. The molecule has 6 nitrogen and oxygen atoms in total. The molecule has 3 fully saturated rings. The molecule has 1 heterocycles. The van der Waals surface area contributed by atoms with E-state index in [0.717, 1.165) is 11.8 Å². The Labute approximate surface area is 180 Å². The van der Waals surface area contributed by atoms with E-state index in [2.05, 4.69) is 12.2 Å². The Balaban J connectivity index is 1.30. The van der Waals surface area contributed by atoms with Gasteiger partial charge in [-0.1, -0.05) is 6.42 Å². The normalized spacial score (nSPS) is 28.4. The lowest BCUT2D eigenvalue weighted by molar-refractivity contribution is -0.127. The van der Waals surface area contributed by atoms with Crippen LogP contribution in [0.2, 0.25) is 0 Å². The molecule has 7 heteroatoms. The molecular formula is C23H34N2O4S. The Morgan fingerprint density at radius 2 is 1.83 bits per heavy atom. The van der Waals surface area contributed by atoms with Gasteiger partial charge in [0, 0.05) is 25.0 Å². The number of rotatable bonds is 7. The predicted octanol–water partition coefficient (Wildman–Crippen LogP) is 3.43. The van der Waals surface area contributed by atoms with Crippen LogP contribution in [-0.2, 0) is 14.8 Å². The van der Waals surface area contributed by atoms with Crippen molar-refractivity contribution in [2.75, 3.05) is 19.7 Å². The van der Waals surface area contributed by atoms with Gasteiger partial charge in [0.05, 0.1) is 11.5 Å². The number of fused-ring (bicyclic) bond motifs is 2. The number of sulfonamides is 1. The highest BCUT2D eigenvalue weighted by atomic mass is 32.2. The van der Waals surface area contributed by atoms with Gasteiger partial charge in [0.15, 0.2) is 0 Å². The van der Waals surface area contributed by atoms with Crippen LogP contribution < -0.4 is 10.1 Å². The fraction of sp³-hybridized carbons (Fsp3) is 0.696. The lowest BCUT2D eigenvalue weighted by Crippen LogP contribution is -2.47. The number of piperidine rings is 1. The molecule has 166 valence electrons. The van der Waals surface area contributed by atoms with Crippen LogP contribution >= 0.6 is 0 Å². The van der Waals surface area contributed by atoms with Crippen molar-refractivity contribution in [2.45, 2.75) is 63.3 Å². The van der Waals surface area contributed by atoms with Crippen LogP contribution in [0.15, 0.2) is 29.2 Å². The Morgan fingerprint density at radius 1 is 1.13 bits per heavy atom. The van der Waals surface area contributed by atoms with E-state index in [-0.39, 0.29) is 22.8 Å². The molecular weight excluding hydrogens is 400 g/mol. The fourth-order valence-corrected chi connectivity index (χ4v) is 7.21. The van der Waals surface area contributed by atoms with Crippen LogP contribution in [-0.4, -0.2) is 44.4 Å². The van der Waals surface area contributed by atoms with Crippen molar-refractivity contribution in [3.8, 4) is 5.75 Å². The molecule has 1 aliphatic heterocycles. The molecule has 1 amide bonds. The molecule has 1 aromatic rings. The first-order valence-corrected chi connectivity index (χ1v) is 12.9. The minimum Gasteiger partial charge on any atom is -0.494 e. The van der Waals surface area contributed by atoms with Crippen molar-refractivity contribution in [3.05, 3.63) is 24.3 Å². The first-order valence-electron chi connectivity index (χ1n) is 11.4. The van der Waals surface area contributed by atoms with E-state index in [1.165, 1.54) is 30.0 Å². The first-order chi connectivity index (χ1) is 14.4. The highest BCUT2D eigenvalue weighted by Crippen LogP contribution is 2.49. The van der Waals surface area contributed by atoms with E-state index >= 15 is 0 Å². The van der Waals surface area contributed by atoms with Gasteiger partial charge in [-0.25, -0.2) is 8.42 Å². The lowest BCUT2D eigenvalue weighted by atomic mass is 9.83. The van der Waals surface area contributed by atoms with Crippen LogP contribution in [0.1, 0.15) is 52.4 Å². The third-order valence-electron chi connectivity index (χ3n) is 7.40. The van der Waals surface area contributed by atoms with Gasteiger partial charge in [0.2, 0.25) is 15.9 Å². The largest absolute Gasteiger partial charge is 0.494 e. The second-order valence-electron chi connectivity index (χ2n) is 9.22. The summed E-state index contributed by atoms with van der Waals surface area (Å²) in [6, 6.07) is 6.78. The van der Waals surface area contributed by atoms with Gasteiger partial charge in [0.1, 0.15) is 5.75 Å². The number of nitrogens with zero attached hydrogens (tertiary/aromatic N) is 1. The molecule has 2 bridgehead atoms. The van der Waals surface area contributed by atoms with Crippen LogP contribution in [0, 0.1) is 23.7 Å². The molecule has 1 aromatic carbocycles. The zero-order valence-corrected chi connectivity index (χ0v) is 18.9. The summed E-state index contributed by atoms with van der Waals surface area (Å²) in [7, 11) is -3.54. The molecule has 2 saturated carbocycles. The summed E-state index contributed by atoms with van der Waals surface area (Å²) < 4.78 is 32.8. The molecule has 3 aliphatic rings. The molecule has 4 unspecified atom stereocenters. The standard InChI is InChI=1S/C23H34N2O4S/c1-3-29-20-6-8-21(9-7-20)30(27,28)25-12-10-18(11-13-25)23(26)24-16(2)22-15-17-4-5-19(22)14-17/h6-9,16-19,22H,3-5,10-15H2,1-2H3,(H,24,26). The molecule has 0 radical (unpaired) electrons. The van der Waals surface area contributed by atoms with Gasteiger partial charge in [-0.2, -0.15) is 4.31 Å². The number of carbonyl (C=O) groups excluding carboxylic acids is 1. The number of ether oxygens (including phenoxy) is 1. The number of amides is 1. The summed E-state index contributed by atoms with van der Waals surface area (Å²) in [6.07, 6.45) is 6.43. The maximum Gasteiger partial charge on any atom is 0.243 e. The van der Waals surface area contributed by atoms with Gasteiger partial charge < -0.3 is 10.1 Å². The molecule has 0 aromatic heterocycles. The van der Waals surface area contributed by atoms with Crippen molar-refractivity contribution in [1.82, 2.24) is 9.62 Å². The third-order valence-corrected chi connectivity index (χ3v) is 9.32.